The van der Waals surface area contributed by atoms with Crippen LogP contribution in [0.1, 0.15) is 39.4 Å². The van der Waals surface area contributed by atoms with Gasteiger partial charge in [-0.3, -0.25) is 4.79 Å². The molecule has 0 aliphatic heterocycles. The Balaban J connectivity index is 2.22. The van der Waals surface area contributed by atoms with Crippen molar-refractivity contribution in [3.63, 3.8) is 0 Å². The normalized spacial score (nSPS) is 11.0. The molecule has 1 N–H and O–H groups in total. The first-order valence-corrected chi connectivity index (χ1v) is 9.07. The van der Waals surface area contributed by atoms with Gasteiger partial charge in [0.25, 0.3) is 15.9 Å². The lowest BCUT2D eigenvalue weighted by Crippen LogP contribution is -2.30. The van der Waals surface area contributed by atoms with Gasteiger partial charge in [0.05, 0.1) is 10.7 Å². The summed E-state index contributed by atoms with van der Waals surface area (Å²) in [6, 6.07) is 4.29. The van der Waals surface area contributed by atoms with Crippen LogP contribution in [-0.2, 0) is 16.4 Å². The average molecular weight is 350 g/mol. The second-order valence-corrected chi connectivity index (χ2v) is 7.46. The molecule has 0 bridgehead atoms. The van der Waals surface area contributed by atoms with Gasteiger partial charge in [-0.1, -0.05) is 6.92 Å². The summed E-state index contributed by atoms with van der Waals surface area (Å²) in [4.78, 5) is 20.2. The van der Waals surface area contributed by atoms with Crippen molar-refractivity contribution in [2.45, 2.75) is 31.6 Å². The number of aromatic nitrogens is 2. The lowest BCUT2D eigenvalue weighted by molar-refractivity contribution is 0.0984. The van der Waals surface area contributed by atoms with Gasteiger partial charge in [-0.15, -0.1) is 11.3 Å². The van der Waals surface area contributed by atoms with Gasteiger partial charge in [-0.25, -0.2) is 23.1 Å². The van der Waals surface area contributed by atoms with E-state index < -0.39 is 15.9 Å². The summed E-state index contributed by atoms with van der Waals surface area (Å²) in [5.74, 6) is -0.716. The Kier molecular flexibility index (Phi) is 5.08. The Morgan fingerprint density at radius 3 is 2.74 bits per heavy atom. The van der Waals surface area contributed by atoms with E-state index in [1.807, 2.05) is 11.6 Å². The van der Waals surface area contributed by atoms with E-state index in [0.29, 0.717) is 5.69 Å². The van der Waals surface area contributed by atoms with Crippen LogP contribution in [0.3, 0.4) is 0 Å². The second-order valence-electron chi connectivity index (χ2n) is 4.70. The number of pyridine rings is 1. The number of nitrogens with one attached hydrogen (secondary N) is 1. The zero-order valence-corrected chi connectivity index (χ0v) is 14.2. The lowest BCUT2D eigenvalue weighted by Gasteiger charge is -2.05. The Bertz CT molecular complexity index is 864. The highest BCUT2D eigenvalue weighted by Gasteiger charge is 2.22. The summed E-state index contributed by atoms with van der Waals surface area (Å²) in [5.41, 5.74) is 0.599. The Hall–Kier alpha value is -2.31. The molecule has 2 aromatic heterocycles. The molecule has 0 saturated heterocycles. The zero-order chi connectivity index (χ0) is 17.0. The van der Waals surface area contributed by atoms with Gasteiger partial charge in [-0.2, -0.15) is 5.26 Å². The minimum Gasteiger partial charge on any atom is -0.267 e. The summed E-state index contributed by atoms with van der Waals surface area (Å²) in [6.07, 6.45) is 2.67. The van der Waals surface area contributed by atoms with E-state index in [1.54, 1.807) is 13.0 Å². The molecule has 0 atom stereocenters. The van der Waals surface area contributed by atoms with Crippen molar-refractivity contribution in [1.82, 2.24) is 14.7 Å². The fraction of sp³-hybridized carbons (Fsp3) is 0.286. The van der Waals surface area contributed by atoms with E-state index in [9.17, 15) is 13.2 Å². The van der Waals surface area contributed by atoms with Crippen molar-refractivity contribution >= 4 is 27.3 Å². The van der Waals surface area contributed by atoms with Crippen LogP contribution in [0.2, 0.25) is 0 Å². The fourth-order valence-corrected chi connectivity index (χ4v) is 3.85. The predicted octanol–water partition coefficient (Wildman–Crippen LogP) is 1.79. The number of carbonyl (C=O) groups excluding carboxylic acids is 1. The van der Waals surface area contributed by atoms with Gasteiger partial charge >= 0.3 is 0 Å². The number of carbonyl (C=O) groups is 1. The number of rotatable bonds is 5. The summed E-state index contributed by atoms with van der Waals surface area (Å²) in [7, 11) is -4.04. The van der Waals surface area contributed by atoms with E-state index in [0.717, 1.165) is 24.0 Å². The van der Waals surface area contributed by atoms with Gasteiger partial charge in [-0.05, 0) is 31.9 Å². The molecule has 0 spiro atoms. The predicted molar refractivity (Wildman–Crippen MR) is 84.5 cm³/mol. The Labute approximate surface area is 138 Å². The van der Waals surface area contributed by atoms with Crippen LogP contribution in [0, 0.1) is 18.3 Å². The zero-order valence-electron chi connectivity index (χ0n) is 12.5. The highest BCUT2D eigenvalue weighted by molar-refractivity contribution is 7.90. The Morgan fingerprint density at radius 2 is 2.17 bits per heavy atom. The molecule has 9 heteroatoms. The molecule has 2 aromatic rings. The van der Waals surface area contributed by atoms with Gasteiger partial charge in [0.2, 0.25) is 0 Å². The SMILES string of the molecule is CCCc1nc(C)c(C(=O)NS(=O)(=O)c2ccc(C#N)nc2)s1. The van der Waals surface area contributed by atoms with E-state index in [2.05, 4.69) is 9.97 Å². The molecule has 0 saturated carbocycles. The molecule has 120 valence electrons. The van der Waals surface area contributed by atoms with Crippen LogP contribution in [0.4, 0.5) is 0 Å². The van der Waals surface area contributed by atoms with Gasteiger partial charge in [0.15, 0.2) is 0 Å². The third-order valence-corrected chi connectivity index (χ3v) is 5.43. The minimum absolute atomic E-state index is 0.0952. The molecule has 2 heterocycles. The number of nitrogens with zero attached hydrogens (tertiary/aromatic N) is 3. The second kappa shape index (κ2) is 6.85. The smallest absolute Gasteiger partial charge is 0.267 e. The van der Waals surface area contributed by atoms with Crippen molar-refractivity contribution < 1.29 is 13.2 Å². The van der Waals surface area contributed by atoms with Gasteiger partial charge < -0.3 is 0 Å². The van der Waals surface area contributed by atoms with Gasteiger partial charge in [0, 0.05) is 6.20 Å². The third kappa shape index (κ3) is 3.91. The number of hydrogen-bond acceptors (Lipinski definition) is 7. The topological polar surface area (TPSA) is 113 Å². The maximum atomic E-state index is 12.2. The largest absolute Gasteiger partial charge is 0.276 e. The van der Waals surface area contributed by atoms with Crippen LogP contribution in [0.5, 0.6) is 0 Å². The highest BCUT2D eigenvalue weighted by Crippen LogP contribution is 2.20. The van der Waals surface area contributed by atoms with Crippen molar-refractivity contribution in [2.75, 3.05) is 0 Å². The van der Waals surface area contributed by atoms with Crippen molar-refractivity contribution in [2.24, 2.45) is 0 Å². The standard InChI is InChI=1S/C14H14N4O3S2/c1-3-4-12-17-9(2)13(22-12)14(19)18-23(20,21)11-6-5-10(7-15)16-8-11/h5-6,8H,3-4H2,1-2H3,(H,18,19). The maximum Gasteiger partial charge on any atom is 0.276 e. The van der Waals surface area contributed by atoms with E-state index in [1.165, 1.54) is 23.5 Å². The number of aryl methyl sites for hydroxylation is 2. The number of nitriles is 1. The molecule has 0 radical (unpaired) electrons. The summed E-state index contributed by atoms with van der Waals surface area (Å²) >= 11 is 1.19. The van der Waals surface area contributed by atoms with Crippen LogP contribution in [0.15, 0.2) is 23.2 Å². The fourth-order valence-electron chi connectivity index (χ4n) is 1.82. The molecular formula is C14H14N4O3S2. The molecule has 0 aliphatic rings. The van der Waals surface area contributed by atoms with Crippen LogP contribution >= 0.6 is 11.3 Å². The maximum absolute atomic E-state index is 12.2. The molecule has 0 aromatic carbocycles. The van der Waals surface area contributed by atoms with Crippen LogP contribution in [-0.4, -0.2) is 24.3 Å². The summed E-state index contributed by atoms with van der Waals surface area (Å²) in [6.45, 7) is 3.67. The van der Waals surface area contributed by atoms with Gasteiger partial charge in [0.1, 0.15) is 21.5 Å². The molecule has 1 amide bonds. The summed E-state index contributed by atoms with van der Waals surface area (Å²) in [5, 5.41) is 9.46. The molecule has 7 nitrogen and oxygen atoms in total. The molecule has 0 fully saturated rings. The van der Waals surface area contributed by atoms with Crippen molar-refractivity contribution in [3.05, 3.63) is 39.6 Å². The lowest BCUT2D eigenvalue weighted by atomic mass is 10.3. The van der Waals surface area contributed by atoms with Crippen molar-refractivity contribution in [1.29, 1.82) is 5.26 Å². The molecule has 2 rings (SSSR count). The molecule has 23 heavy (non-hydrogen) atoms. The number of hydrogen-bond donors (Lipinski definition) is 1. The number of sulfonamides is 1. The third-order valence-electron chi connectivity index (χ3n) is 2.90. The van der Waals surface area contributed by atoms with E-state index >= 15 is 0 Å². The quantitative estimate of drug-likeness (QED) is 0.879. The minimum atomic E-state index is -4.04. The van der Waals surface area contributed by atoms with Crippen LogP contribution in [0.25, 0.3) is 0 Å². The first-order chi connectivity index (χ1) is 10.9. The molecular weight excluding hydrogens is 336 g/mol. The van der Waals surface area contributed by atoms with Crippen molar-refractivity contribution in [3.8, 4) is 6.07 Å². The number of amides is 1. The monoisotopic (exact) mass is 350 g/mol. The van der Waals surface area contributed by atoms with E-state index in [-0.39, 0.29) is 15.5 Å². The number of thiazole rings is 1. The highest BCUT2D eigenvalue weighted by atomic mass is 32.2. The first-order valence-electron chi connectivity index (χ1n) is 6.77. The molecule has 0 unspecified atom stereocenters. The van der Waals surface area contributed by atoms with E-state index in [4.69, 9.17) is 5.26 Å². The average Bonchev–Trinajstić information content (AvgIpc) is 2.88. The Morgan fingerprint density at radius 1 is 1.43 bits per heavy atom. The summed E-state index contributed by atoms with van der Waals surface area (Å²) < 4.78 is 26.4. The molecule has 0 aliphatic carbocycles. The van der Waals surface area contributed by atoms with Crippen LogP contribution < -0.4 is 4.72 Å². The first kappa shape index (κ1) is 17.1.